The number of hydrogen-bond acceptors (Lipinski definition) is 5. The van der Waals surface area contributed by atoms with Gasteiger partial charge in [-0.2, -0.15) is 0 Å². The maximum absolute atomic E-state index is 10.9. The van der Waals surface area contributed by atoms with E-state index < -0.39 is 0 Å². The molecule has 1 fully saturated rings. The summed E-state index contributed by atoms with van der Waals surface area (Å²) in [5.74, 6) is 0.726. The quantitative estimate of drug-likeness (QED) is 0.635. The topological polar surface area (TPSA) is 92.9 Å². The van der Waals surface area contributed by atoms with Gasteiger partial charge >= 0.3 is 0 Å². The molecule has 6 nitrogen and oxygen atoms in total. The van der Waals surface area contributed by atoms with Crippen LogP contribution in [0.2, 0.25) is 0 Å². The van der Waals surface area contributed by atoms with Gasteiger partial charge in [0.05, 0.1) is 11.9 Å². The smallest absolute Gasteiger partial charge is 0.220 e. The lowest BCUT2D eigenvalue weighted by atomic mass is 10.2. The Bertz CT molecular complexity index is 367. The number of carbonyl (C=O) groups is 1. The van der Waals surface area contributed by atoms with Crippen molar-refractivity contribution in [2.75, 3.05) is 17.6 Å². The van der Waals surface area contributed by atoms with E-state index in [1.54, 1.807) is 6.20 Å². The molecule has 0 bridgehead atoms. The van der Waals surface area contributed by atoms with E-state index in [1.807, 2.05) is 0 Å². The fraction of sp³-hybridized carbons (Fsp3) is 0.444. The van der Waals surface area contributed by atoms with Crippen LogP contribution in [0.1, 0.15) is 12.8 Å². The monoisotopic (exact) mass is 207 g/mol. The Labute approximate surface area is 87.3 Å². The summed E-state index contributed by atoms with van der Waals surface area (Å²) in [6.07, 6.45) is 4.44. The molecule has 1 aliphatic heterocycles. The Morgan fingerprint density at radius 2 is 2.53 bits per heavy atom. The first-order chi connectivity index (χ1) is 7.25. The second-order valence-corrected chi connectivity index (χ2v) is 3.51. The molecule has 0 radical (unpaired) electrons. The number of carbonyl (C=O) groups excluding carboxylic acids is 1. The lowest BCUT2D eigenvalue weighted by Crippen LogP contribution is -2.32. The number of amides is 1. The predicted octanol–water partition coefficient (Wildman–Crippen LogP) is -0.251. The molecule has 0 spiro atoms. The first-order valence-electron chi connectivity index (χ1n) is 4.84. The highest BCUT2D eigenvalue weighted by molar-refractivity contribution is 5.78. The highest BCUT2D eigenvalue weighted by atomic mass is 16.1. The van der Waals surface area contributed by atoms with E-state index in [0.29, 0.717) is 24.5 Å². The van der Waals surface area contributed by atoms with E-state index >= 15 is 0 Å². The minimum atomic E-state index is 0.109. The largest absolute Gasteiger partial charge is 0.394 e. The van der Waals surface area contributed by atoms with Crippen LogP contribution >= 0.6 is 0 Å². The summed E-state index contributed by atoms with van der Waals surface area (Å²) in [5, 5.41) is 5.94. The van der Waals surface area contributed by atoms with Crippen LogP contribution in [0.25, 0.3) is 0 Å². The average Bonchev–Trinajstić information content (AvgIpc) is 2.63. The maximum Gasteiger partial charge on any atom is 0.220 e. The predicted molar refractivity (Wildman–Crippen MR) is 56.1 cm³/mol. The molecule has 1 aromatic rings. The molecule has 1 atom stereocenters. The Morgan fingerprint density at radius 1 is 1.67 bits per heavy atom. The van der Waals surface area contributed by atoms with Crippen molar-refractivity contribution in [2.45, 2.75) is 18.9 Å². The summed E-state index contributed by atoms with van der Waals surface area (Å²) in [7, 11) is 0. The lowest BCUT2D eigenvalue weighted by molar-refractivity contribution is -0.119. The Balaban J connectivity index is 1.88. The second-order valence-electron chi connectivity index (χ2n) is 3.51. The molecular formula is C9H13N5O. The molecule has 2 rings (SSSR count). The van der Waals surface area contributed by atoms with E-state index in [4.69, 9.17) is 5.73 Å². The van der Waals surface area contributed by atoms with Crippen molar-refractivity contribution in [3.05, 3.63) is 12.5 Å². The van der Waals surface area contributed by atoms with Crippen molar-refractivity contribution in [1.82, 2.24) is 15.3 Å². The van der Waals surface area contributed by atoms with Crippen molar-refractivity contribution >= 4 is 17.4 Å². The van der Waals surface area contributed by atoms with E-state index in [9.17, 15) is 4.79 Å². The molecule has 1 aliphatic rings. The first-order valence-corrected chi connectivity index (χ1v) is 4.84. The maximum atomic E-state index is 10.9. The van der Waals surface area contributed by atoms with Gasteiger partial charge in [-0.25, -0.2) is 9.97 Å². The number of nitrogens with zero attached hydrogens (tertiary/aromatic N) is 2. The van der Waals surface area contributed by atoms with Crippen molar-refractivity contribution in [3.63, 3.8) is 0 Å². The minimum Gasteiger partial charge on any atom is -0.394 e. The number of rotatable bonds is 3. The van der Waals surface area contributed by atoms with Crippen molar-refractivity contribution in [2.24, 2.45) is 0 Å². The van der Waals surface area contributed by atoms with Crippen LogP contribution in [0, 0.1) is 0 Å². The van der Waals surface area contributed by atoms with Gasteiger partial charge in [0, 0.05) is 19.0 Å². The summed E-state index contributed by atoms with van der Waals surface area (Å²) in [6, 6.07) is 0.173. The zero-order chi connectivity index (χ0) is 10.7. The van der Waals surface area contributed by atoms with E-state index in [0.717, 1.165) is 6.42 Å². The van der Waals surface area contributed by atoms with Crippen LogP contribution in [0.5, 0.6) is 0 Å². The summed E-state index contributed by atoms with van der Waals surface area (Å²) in [4.78, 5) is 18.7. The van der Waals surface area contributed by atoms with Crippen molar-refractivity contribution in [1.29, 1.82) is 0 Å². The molecule has 1 aromatic heterocycles. The van der Waals surface area contributed by atoms with Crippen LogP contribution < -0.4 is 16.4 Å². The van der Waals surface area contributed by atoms with Crippen LogP contribution in [-0.2, 0) is 4.79 Å². The standard InChI is InChI=1S/C9H13N5O/c10-7-4-11-5-13-9(7)12-3-6-1-2-8(15)14-6/h4-6H,1-3,10H2,(H,14,15)(H,11,12,13). The summed E-state index contributed by atoms with van der Waals surface area (Å²) in [5.41, 5.74) is 6.17. The molecule has 1 saturated heterocycles. The minimum absolute atomic E-state index is 0.109. The summed E-state index contributed by atoms with van der Waals surface area (Å²) < 4.78 is 0. The molecule has 0 saturated carbocycles. The summed E-state index contributed by atoms with van der Waals surface area (Å²) >= 11 is 0. The Morgan fingerprint density at radius 3 is 3.20 bits per heavy atom. The molecule has 2 heterocycles. The van der Waals surface area contributed by atoms with Gasteiger partial charge in [0.1, 0.15) is 6.33 Å². The van der Waals surface area contributed by atoms with Gasteiger partial charge in [-0.15, -0.1) is 0 Å². The highest BCUT2D eigenvalue weighted by Gasteiger charge is 2.20. The van der Waals surface area contributed by atoms with Crippen molar-refractivity contribution in [3.8, 4) is 0 Å². The molecule has 1 unspecified atom stereocenters. The number of aromatic nitrogens is 2. The number of nitrogen functional groups attached to an aromatic ring is 1. The van der Waals surface area contributed by atoms with Gasteiger partial charge in [-0.1, -0.05) is 0 Å². The average molecular weight is 207 g/mol. The molecule has 1 amide bonds. The third-order valence-electron chi connectivity index (χ3n) is 2.34. The van der Waals surface area contributed by atoms with E-state index in [1.165, 1.54) is 6.33 Å². The fourth-order valence-corrected chi connectivity index (χ4v) is 1.54. The lowest BCUT2D eigenvalue weighted by Gasteiger charge is -2.12. The molecule has 80 valence electrons. The van der Waals surface area contributed by atoms with E-state index in [2.05, 4.69) is 20.6 Å². The normalized spacial score (nSPS) is 20.0. The van der Waals surface area contributed by atoms with Gasteiger partial charge in [-0.05, 0) is 6.42 Å². The molecule has 0 aromatic carbocycles. The van der Waals surface area contributed by atoms with Gasteiger partial charge in [0.15, 0.2) is 5.82 Å². The molecule has 6 heteroatoms. The zero-order valence-electron chi connectivity index (χ0n) is 8.23. The SMILES string of the molecule is Nc1cncnc1NCC1CCC(=O)N1. The molecule has 4 N–H and O–H groups in total. The van der Waals surface area contributed by atoms with Gasteiger partial charge in [0.25, 0.3) is 0 Å². The van der Waals surface area contributed by atoms with Gasteiger partial charge < -0.3 is 16.4 Å². The highest BCUT2D eigenvalue weighted by Crippen LogP contribution is 2.13. The number of nitrogens with two attached hydrogens (primary N) is 1. The molecule has 15 heavy (non-hydrogen) atoms. The van der Waals surface area contributed by atoms with Gasteiger partial charge in [-0.3, -0.25) is 4.79 Å². The van der Waals surface area contributed by atoms with Gasteiger partial charge in [0.2, 0.25) is 5.91 Å². The molecule has 0 aliphatic carbocycles. The zero-order valence-corrected chi connectivity index (χ0v) is 8.23. The van der Waals surface area contributed by atoms with Crippen LogP contribution in [0.4, 0.5) is 11.5 Å². The third-order valence-corrected chi connectivity index (χ3v) is 2.34. The van der Waals surface area contributed by atoms with E-state index in [-0.39, 0.29) is 11.9 Å². The van der Waals surface area contributed by atoms with Crippen LogP contribution in [0.3, 0.4) is 0 Å². The molecular weight excluding hydrogens is 194 g/mol. The third kappa shape index (κ3) is 2.34. The number of anilines is 2. The van der Waals surface area contributed by atoms with Crippen LogP contribution in [-0.4, -0.2) is 28.5 Å². The number of nitrogens with one attached hydrogen (secondary N) is 2. The second kappa shape index (κ2) is 4.12. The summed E-state index contributed by atoms with van der Waals surface area (Å²) in [6.45, 7) is 0.646. The fourth-order valence-electron chi connectivity index (χ4n) is 1.54. The first kappa shape index (κ1) is 9.70. The Hall–Kier alpha value is -1.85. The Kier molecular flexibility index (Phi) is 2.66. The van der Waals surface area contributed by atoms with Crippen molar-refractivity contribution < 1.29 is 4.79 Å². The number of hydrogen-bond donors (Lipinski definition) is 3. The van der Waals surface area contributed by atoms with Crippen LogP contribution in [0.15, 0.2) is 12.5 Å².